The van der Waals surface area contributed by atoms with Crippen molar-refractivity contribution in [3.8, 4) is 0 Å². The normalized spacial score (nSPS) is 22.8. The van der Waals surface area contributed by atoms with Crippen LogP contribution in [0.3, 0.4) is 0 Å². The van der Waals surface area contributed by atoms with Crippen LogP contribution >= 0.6 is 11.8 Å². The summed E-state index contributed by atoms with van der Waals surface area (Å²) in [5, 5.41) is 3.00. The van der Waals surface area contributed by atoms with Crippen LogP contribution in [0.25, 0.3) is 0 Å². The average Bonchev–Trinajstić information content (AvgIpc) is 2.56. The second-order valence-corrected chi connectivity index (χ2v) is 6.37. The Hall–Kier alpha value is 0.220. The topological polar surface area (TPSA) is 58.2 Å². The summed E-state index contributed by atoms with van der Waals surface area (Å²) in [5.41, 5.74) is 0. The molecule has 0 radical (unpaired) electrons. The van der Waals surface area contributed by atoms with Crippen molar-refractivity contribution in [1.82, 2.24) is 10.0 Å². The van der Waals surface area contributed by atoms with Crippen molar-refractivity contribution < 1.29 is 8.42 Å². The minimum absolute atomic E-state index is 0.159. The lowest BCUT2D eigenvalue weighted by Gasteiger charge is -2.11. The van der Waals surface area contributed by atoms with E-state index in [1.807, 2.05) is 18.7 Å². The third kappa shape index (κ3) is 4.63. The zero-order valence-corrected chi connectivity index (χ0v) is 10.1. The molecule has 0 bridgehead atoms. The molecule has 0 aliphatic carbocycles. The highest BCUT2D eigenvalue weighted by Crippen LogP contribution is 2.17. The number of thioether (sulfide) groups is 1. The second kappa shape index (κ2) is 5.95. The van der Waals surface area contributed by atoms with E-state index in [1.54, 1.807) is 0 Å². The molecule has 0 aromatic heterocycles. The van der Waals surface area contributed by atoms with Gasteiger partial charge in [-0.2, -0.15) is 11.8 Å². The molecule has 84 valence electrons. The Balaban J connectivity index is 2.26. The molecular weight excluding hydrogens is 220 g/mol. The summed E-state index contributed by atoms with van der Waals surface area (Å²) in [6.07, 6.45) is 0.963. The summed E-state index contributed by atoms with van der Waals surface area (Å²) in [6, 6.07) is 0.159. The van der Waals surface area contributed by atoms with Crippen LogP contribution in [-0.4, -0.2) is 44.8 Å². The van der Waals surface area contributed by atoms with Crippen molar-refractivity contribution in [3.05, 3.63) is 0 Å². The molecule has 0 spiro atoms. The molecule has 1 fully saturated rings. The Kier molecular flexibility index (Phi) is 5.22. The molecule has 1 unspecified atom stereocenters. The summed E-state index contributed by atoms with van der Waals surface area (Å²) in [5.74, 6) is 2.17. The Labute approximate surface area is 90.3 Å². The van der Waals surface area contributed by atoms with Crippen LogP contribution in [0, 0.1) is 0 Å². The molecule has 1 aliphatic heterocycles. The van der Waals surface area contributed by atoms with Gasteiger partial charge >= 0.3 is 0 Å². The molecule has 0 amide bonds. The monoisotopic (exact) mass is 238 g/mol. The van der Waals surface area contributed by atoms with Gasteiger partial charge in [0.15, 0.2) is 0 Å². The Bertz CT molecular complexity index is 248. The zero-order valence-electron chi connectivity index (χ0n) is 8.45. The number of rotatable bonds is 6. The first kappa shape index (κ1) is 12.3. The molecule has 1 aliphatic rings. The first-order valence-corrected chi connectivity index (χ1v) is 7.73. The molecule has 0 aromatic rings. The zero-order chi connectivity index (χ0) is 10.4. The summed E-state index contributed by atoms with van der Waals surface area (Å²) >= 11 is 1.81. The van der Waals surface area contributed by atoms with Gasteiger partial charge in [-0.05, 0) is 18.7 Å². The van der Waals surface area contributed by atoms with Crippen molar-refractivity contribution in [3.63, 3.8) is 0 Å². The van der Waals surface area contributed by atoms with Crippen LogP contribution in [0.5, 0.6) is 0 Å². The van der Waals surface area contributed by atoms with Gasteiger partial charge in [-0.15, -0.1) is 0 Å². The van der Waals surface area contributed by atoms with Crippen molar-refractivity contribution in [1.29, 1.82) is 0 Å². The van der Waals surface area contributed by atoms with Gasteiger partial charge in [-0.1, -0.05) is 6.92 Å². The van der Waals surface area contributed by atoms with Gasteiger partial charge in [0.05, 0.1) is 5.75 Å². The number of hydrogen-bond acceptors (Lipinski definition) is 4. The highest BCUT2D eigenvalue weighted by Gasteiger charge is 2.20. The number of nitrogens with one attached hydrogen (secondary N) is 2. The summed E-state index contributed by atoms with van der Waals surface area (Å²) in [4.78, 5) is 0. The molecule has 1 atom stereocenters. The maximum atomic E-state index is 11.5. The van der Waals surface area contributed by atoms with E-state index in [2.05, 4.69) is 10.0 Å². The molecule has 2 N–H and O–H groups in total. The third-order valence-corrected chi connectivity index (χ3v) is 4.67. The van der Waals surface area contributed by atoms with Crippen molar-refractivity contribution in [2.24, 2.45) is 0 Å². The molecule has 1 rings (SSSR count). The summed E-state index contributed by atoms with van der Waals surface area (Å²) in [7, 11) is -3.06. The van der Waals surface area contributed by atoms with Gasteiger partial charge < -0.3 is 5.32 Å². The van der Waals surface area contributed by atoms with E-state index in [9.17, 15) is 8.42 Å². The first-order valence-electron chi connectivity index (χ1n) is 4.92. The highest BCUT2D eigenvalue weighted by atomic mass is 32.2. The van der Waals surface area contributed by atoms with Crippen LogP contribution in [0.2, 0.25) is 0 Å². The molecule has 0 saturated carbocycles. The lowest BCUT2D eigenvalue weighted by molar-refractivity contribution is 0.560. The molecule has 1 saturated heterocycles. The maximum absolute atomic E-state index is 11.5. The van der Waals surface area contributed by atoms with E-state index in [1.165, 1.54) is 0 Å². The van der Waals surface area contributed by atoms with Gasteiger partial charge in [-0.3, -0.25) is 0 Å². The number of sulfonamides is 1. The first-order chi connectivity index (χ1) is 6.64. The quantitative estimate of drug-likeness (QED) is 0.641. The second-order valence-electron chi connectivity index (χ2n) is 3.35. The predicted molar refractivity (Wildman–Crippen MR) is 61.2 cm³/mol. The molecule has 1 heterocycles. The Morgan fingerprint density at radius 1 is 1.50 bits per heavy atom. The Morgan fingerprint density at radius 3 is 2.86 bits per heavy atom. The summed E-state index contributed by atoms with van der Waals surface area (Å²) < 4.78 is 25.7. The van der Waals surface area contributed by atoms with Crippen molar-refractivity contribution in [2.45, 2.75) is 19.4 Å². The van der Waals surface area contributed by atoms with Crippen LogP contribution < -0.4 is 10.0 Å². The van der Waals surface area contributed by atoms with E-state index in [0.29, 0.717) is 6.54 Å². The fourth-order valence-electron chi connectivity index (χ4n) is 1.32. The lowest BCUT2D eigenvalue weighted by Crippen LogP contribution is -2.38. The molecule has 6 heteroatoms. The van der Waals surface area contributed by atoms with Gasteiger partial charge in [0.2, 0.25) is 10.0 Å². The smallest absolute Gasteiger partial charge is 0.213 e. The lowest BCUT2D eigenvalue weighted by atomic mass is 10.3. The molecule has 4 nitrogen and oxygen atoms in total. The van der Waals surface area contributed by atoms with E-state index >= 15 is 0 Å². The van der Waals surface area contributed by atoms with Crippen LogP contribution in [0.1, 0.15) is 13.3 Å². The van der Waals surface area contributed by atoms with Crippen LogP contribution in [-0.2, 0) is 10.0 Å². The SMILES string of the molecule is CCNCCS(=O)(=O)NC1CCSC1. The minimum Gasteiger partial charge on any atom is -0.316 e. The largest absolute Gasteiger partial charge is 0.316 e. The maximum Gasteiger partial charge on any atom is 0.213 e. The van der Waals surface area contributed by atoms with E-state index in [-0.39, 0.29) is 11.8 Å². The molecule has 0 aromatic carbocycles. The van der Waals surface area contributed by atoms with E-state index in [0.717, 1.165) is 24.5 Å². The molecule has 14 heavy (non-hydrogen) atoms. The number of hydrogen-bond donors (Lipinski definition) is 2. The van der Waals surface area contributed by atoms with Gasteiger partial charge in [0.25, 0.3) is 0 Å². The summed E-state index contributed by atoms with van der Waals surface area (Å²) in [6.45, 7) is 3.31. The van der Waals surface area contributed by atoms with Gasteiger partial charge in [0, 0.05) is 18.3 Å². The van der Waals surface area contributed by atoms with Crippen molar-refractivity contribution in [2.75, 3.05) is 30.3 Å². The van der Waals surface area contributed by atoms with E-state index in [4.69, 9.17) is 0 Å². The highest BCUT2D eigenvalue weighted by molar-refractivity contribution is 7.99. The minimum atomic E-state index is -3.06. The van der Waals surface area contributed by atoms with Gasteiger partial charge in [0.1, 0.15) is 0 Å². The third-order valence-electron chi connectivity index (χ3n) is 2.07. The predicted octanol–water partition coefficient (Wildman–Crippen LogP) is 0.0208. The fourth-order valence-corrected chi connectivity index (χ4v) is 3.82. The Morgan fingerprint density at radius 2 is 2.29 bits per heavy atom. The molecular formula is C8H18N2O2S2. The average molecular weight is 238 g/mol. The van der Waals surface area contributed by atoms with E-state index < -0.39 is 10.0 Å². The fraction of sp³-hybridized carbons (Fsp3) is 1.00. The van der Waals surface area contributed by atoms with Gasteiger partial charge in [-0.25, -0.2) is 13.1 Å². The van der Waals surface area contributed by atoms with Crippen LogP contribution in [0.4, 0.5) is 0 Å². The van der Waals surface area contributed by atoms with Crippen molar-refractivity contribution >= 4 is 21.8 Å². The standard InChI is InChI=1S/C8H18N2O2S2/c1-2-9-4-6-14(11,12)10-8-3-5-13-7-8/h8-10H,2-7H2,1H3. The van der Waals surface area contributed by atoms with Crippen LogP contribution in [0.15, 0.2) is 0 Å².